The maximum Gasteiger partial charge on any atom is 0.224 e. The molecular weight excluding hydrogens is 300 g/mol. The van der Waals surface area contributed by atoms with Crippen molar-refractivity contribution < 1.29 is 4.79 Å². The lowest BCUT2D eigenvalue weighted by molar-refractivity contribution is -0.131. The smallest absolute Gasteiger partial charge is 0.224 e. The molecule has 0 unspecified atom stereocenters. The van der Waals surface area contributed by atoms with Crippen LogP contribution in [0.5, 0.6) is 0 Å². The molecule has 1 aromatic heterocycles. The molecule has 0 aliphatic carbocycles. The summed E-state index contributed by atoms with van der Waals surface area (Å²) in [5, 5.41) is 4.86. The third kappa shape index (κ3) is 3.60. The monoisotopic (exact) mass is 318 g/mol. The molecule has 1 amide bonds. The Morgan fingerprint density at radius 3 is 2.68 bits per heavy atom. The van der Waals surface area contributed by atoms with E-state index in [1.807, 2.05) is 35.4 Å². The number of aromatic nitrogens is 2. The number of carbonyl (C=O) groups excluding carboxylic acids is 1. The largest absolute Gasteiger partial charge is 0.368 e. The van der Waals surface area contributed by atoms with Gasteiger partial charge in [-0.3, -0.25) is 9.48 Å². The van der Waals surface area contributed by atoms with E-state index in [1.165, 1.54) is 0 Å². The summed E-state index contributed by atoms with van der Waals surface area (Å²) in [6, 6.07) is 9.73. The van der Waals surface area contributed by atoms with Crippen molar-refractivity contribution in [2.45, 2.75) is 13.0 Å². The molecule has 0 spiro atoms. The highest BCUT2D eigenvalue weighted by molar-refractivity contribution is 6.30. The number of anilines is 1. The van der Waals surface area contributed by atoms with Gasteiger partial charge in [-0.15, -0.1) is 0 Å². The van der Waals surface area contributed by atoms with E-state index in [9.17, 15) is 4.79 Å². The number of carbonyl (C=O) groups is 1. The van der Waals surface area contributed by atoms with Crippen LogP contribution in [-0.4, -0.2) is 46.8 Å². The lowest BCUT2D eigenvalue weighted by Gasteiger charge is -2.36. The minimum atomic E-state index is 0.196. The second-order valence-electron chi connectivity index (χ2n) is 5.37. The predicted molar refractivity (Wildman–Crippen MR) is 87.1 cm³/mol. The number of rotatable bonds is 4. The minimum Gasteiger partial charge on any atom is -0.368 e. The maximum absolute atomic E-state index is 12.2. The van der Waals surface area contributed by atoms with Gasteiger partial charge in [0.2, 0.25) is 5.91 Å². The van der Waals surface area contributed by atoms with E-state index in [0.717, 1.165) is 36.9 Å². The van der Waals surface area contributed by atoms with Crippen molar-refractivity contribution in [2.75, 3.05) is 31.1 Å². The first-order valence-corrected chi connectivity index (χ1v) is 7.86. The number of aryl methyl sites for hydroxylation is 1. The minimum absolute atomic E-state index is 0.196. The number of nitrogens with zero attached hydrogens (tertiary/aromatic N) is 4. The highest BCUT2D eigenvalue weighted by atomic mass is 35.5. The number of hydrogen-bond donors (Lipinski definition) is 0. The Labute approximate surface area is 135 Å². The van der Waals surface area contributed by atoms with Crippen LogP contribution in [-0.2, 0) is 11.3 Å². The Balaban J connectivity index is 1.49. The van der Waals surface area contributed by atoms with Crippen LogP contribution in [0.25, 0.3) is 0 Å². The summed E-state index contributed by atoms with van der Waals surface area (Å²) >= 11 is 6.03. The third-order valence-corrected chi connectivity index (χ3v) is 4.15. The third-order valence-electron chi connectivity index (χ3n) is 3.92. The number of hydrogen-bond acceptors (Lipinski definition) is 3. The molecule has 2 heterocycles. The van der Waals surface area contributed by atoms with E-state index in [-0.39, 0.29) is 5.91 Å². The van der Waals surface area contributed by atoms with Crippen molar-refractivity contribution in [3.8, 4) is 0 Å². The highest BCUT2D eigenvalue weighted by Crippen LogP contribution is 2.20. The summed E-state index contributed by atoms with van der Waals surface area (Å²) in [7, 11) is 0. The molecular formula is C16H19ClN4O. The van der Waals surface area contributed by atoms with Gasteiger partial charge in [0.05, 0.1) is 0 Å². The maximum atomic E-state index is 12.2. The van der Waals surface area contributed by atoms with Crippen LogP contribution in [0.15, 0.2) is 42.7 Å². The van der Waals surface area contributed by atoms with Crippen LogP contribution in [0.2, 0.25) is 5.02 Å². The van der Waals surface area contributed by atoms with E-state index < -0.39 is 0 Å². The Bertz CT molecular complexity index is 621. The molecule has 0 saturated carbocycles. The van der Waals surface area contributed by atoms with E-state index in [2.05, 4.69) is 16.1 Å². The molecule has 0 bridgehead atoms. The molecule has 6 heteroatoms. The zero-order valence-electron chi connectivity index (χ0n) is 12.4. The SMILES string of the molecule is O=C(CCn1cccn1)N1CCN(c2cccc(Cl)c2)CC1. The van der Waals surface area contributed by atoms with Crippen LogP contribution >= 0.6 is 11.6 Å². The van der Waals surface area contributed by atoms with Crippen molar-refractivity contribution in [1.82, 2.24) is 14.7 Å². The zero-order valence-corrected chi connectivity index (χ0v) is 13.1. The molecule has 5 nitrogen and oxygen atoms in total. The standard InChI is InChI=1S/C16H19ClN4O/c17-14-3-1-4-15(13-14)19-9-11-20(12-10-19)16(22)5-8-21-7-2-6-18-21/h1-4,6-7,13H,5,8-12H2. The molecule has 1 aliphatic rings. The Kier molecular flexibility index (Phi) is 4.63. The first-order valence-electron chi connectivity index (χ1n) is 7.48. The van der Waals surface area contributed by atoms with Gasteiger partial charge >= 0.3 is 0 Å². The van der Waals surface area contributed by atoms with Gasteiger partial charge in [0.15, 0.2) is 0 Å². The normalized spacial score (nSPS) is 15.1. The van der Waals surface area contributed by atoms with E-state index >= 15 is 0 Å². The van der Waals surface area contributed by atoms with Crippen molar-refractivity contribution in [1.29, 1.82) is 0 Å². The quantitative estimate of drug-likeness (QED) is 0.868. The van der Waals surface area contributed by atoms with Crippen molar-refractivity contribution >= 4 is 23.2 Å². The van der Waals surface area contributed by atoms with Gasteiger partial charge in [-0.1, -0.05) is 17.7 Å². The Hall–Kier alpha value is -2.01. The first-order chi connectivity index (χ1) is 10.7. The Morgan fingerprint density at radius 2 is 2.00 bits per heavy atom. The molecule has 1 fully saturated rings. The van der Waals surface area contributed by atoms with Crippen LogP contribution in [0.4, 0.5) is 5.69 Å². The van der Waals surface area contributed by atoms with Crippen LogP contribution < -0.4 is 4.90 Å². The number of halogens is 1. The highest BCUT2D eigenvalue weighted by Gasteiger charge is 2.21. The first kappa shape index (κ1) is 14.9. The van der Waals surface area contributed by atoms with Crippen molar-refractivity contribution in [3.63, 3.8) is 0 Å². The fourth-order valence-electron chi connectivity index (χ4n) is 2.69. The molecule has 0 N–H and O–H groups in total. The van der Waals surface area contributed by atoms with Crippen LogP contribution in [0, 0.1) is 0 Å². The summed E-state index contributed by atoms with van der Waals surface area (Å²) in [5.74, 6) is 0.196. The number of piperazine rings is 1. The molecule has 116 valence electrons. The molecule has 1 saturated heterocycles. The van der Waals surface area contributed by atoms with Crippen molar-refractivity contribution in [3.05, 3.63) is 47.7 Å². The summed E-state index contributed by atoms with van der Waals surface area (Å²) in [6.07, 6.45) is 4.11. The molecule has 22 heavy (non-hydrogen) atoms. The van der Waals surface area contributed by atoms with E-state index in [4.69, 9.17) is 11.6 Å². The number of benzene rings is 1. The average Bonchev–Trinajstić information content (AvgIpc) is 3.06. The van der Waals surface area contributed by atoms with Gasteiger partial charge < -0.3 is 9.80 Å². The molecule has 3 rings (SSSR count). The fraction of sp³-hybridized carbons (Fsp3) is 0.375. The fourth-order valence-corrected chi connectivity index (χ4v) is 2.87. The van der Waals surface area contributed by atoms with E-state index in [0.29, 0.717) is 13.0 Å². The van der Waals surface area contributed by atoms with Crippen LogP contribution in [0.3, 0.4) is 0 Å². The summed E-state index contributed by atoms with van der Waals surface area (Å²) in [6.45, 7) is 3.83. The topological polar surface area (TPSA) is 41.4 Å². The number of amides is 1. The average molecular weight is 319 g/mol. The van der Waals surface area contributed by atoms with Gasteiger partial charge in [0.25, 0.3) is 0 Å². The second kappa shape index (κ2) is 6.83. The van der Waals surface area contributed by atoms with Gasteiger partial charge in [-0.05, 0) is 24.3 Å². The molecule has 0 atom stereocenters. The second-order valence-corrected chi connectivity index (χ2v) is 5.80. The van der Waals surface area contributed by atoms with Gasteiger partial charge in [-0.25, -0.2) is 0 Å². The summed E-state index contributed by atoms with van der Waals surface area (Å²) in [5.41, 5.74) is 1.12. The molecule has 2 aromatic rings. The van der Waals surface area contributed by atoms with Crippen molar-refractivity contribution in [2.24, 2.45) is 0 Å². The predicted octanol–water partition coefficient (Wildman–Crippen LogP) is 2.28. The Morgan fingerprint density at radius 1 is 1.18 bits per heavy atom. The summed E-state index contributed by atoms with van der Waals surface area (Å²) < 4.78 is 1.79. The van der Waals surface area contributed by atoms with Gasteiger partial charge in [0, 0.05) is 62.2 Å². The van der Waals surface area contributed by atoms with Crippen LogP contribution in [0.1, 0.15) is 6.42 Å². The lowest BCUT2D eigenvalue weighted by Crippen LogP contribution is -2.49. The summed E-state index contributed by atoms with van der Waals surface area (Å²) in [4.78, 5) is 16.4. The lowest BCUT2D eigenvalue weighted by atomic mass is 10.2. The molecule has 1 aromatic carbocycles. The zero-order chi connectivity index (χ0) is 15.4. The molecule has 0 radical (unpaired) electrons. The van der Waals surface area contributed by atoms with Gasteiger partial charge in [-0.2, -0.15) is 5.10 Å². The van der Waals surface area contributed by atoms with E-state index in [1.54, 1.807) is 10.9 Å². The van der Waals surface area contributed by atoms with Gasteiger partial charge in [0.1, 0.15) is 0 Å². The molecule has 1 aliphatic heterocycles.